The van der Waals surface area contributed by atoms with Crippen molar-refractivity contribution in [1.82, 2.24) is 0 Å². The lowest BCUT2D eigenvalue weighted by Crippen LogP contribution is -2.27. The zero-order valence-electron chi connectivity index (χ0n) is 12.1. The summed E-state index contributed by atoms with van der Waals surface area (Å²) in [6.07, 6.45) is 7.15. The molecule has 0 heterocycles. The number of ether oxygens (including phenoxy) is 1. The van der Waals surface area contributed by atoms with Gasteiger partial charge in [0.05, 0.1) is 12.5 Å². The molecule has 2 nitrogen and oxygen atoms in total. The lowest BCUT2D eigenvalue weighted by atomic mass is 9.73. The maximum absolute atomic E-state index is 5.73. The monoisotopic (exact) mass is 267 g/mol. The molecule has 104 valence electrons. The van der Waals surface area contributed by atoms with Crippen LogP contribution in [-0.4, -0.2) is 13.7 Å². The minimum atomic E-state index is -0.197. The number of benzene rings is 1. The summed E-state index contributed by atoms with van der Waals surface area (Å²) in [4.78, 5) is 0. The molecule has 1 aromatic rings. The van der Waals surface area contributed by atoms with Gasteiger partial charge in [0.25, 0.3) is 0 Å². The average molecular weight is 267 g/mol. The van der Waals surface area contributed by atoms with Crippen molar-refractivity contribution in [3.05, 3.63) is 59.9 Å². The third kappa shape index (κ3) is 3.31. The molecule has 0 aliphatic heterocycles. The first-order valence-corrected chi connectivity index (χ1v) is 6.91. The fourth-order valence-corrected chi connectivity index (χ4v) is 2.37. The minimum absolute atomic E-state index is 0.197. The molecule has 2 atom stereocenters. The molecule has 20 heavy (non-hydrogen) atoms. The summed E-state index contributed by atoms with van der Waals surface area (Å²) < 4.78 is 5.31. The molecule has 2 N–H and O–H groups in total. The standard InChI is InChI=1S/C18H21NO/c1-18(11-8-15-6-4-3-5-7-15)12-9-17(20-2)14-16(18)10-13-19/h3-7,9,12,14,16H,10,13,19H2,1-2H3. The van der Waals surface area contributed by atoms with Crippen LogP contribution < -0.4 is 5.73 Å². The van der Waals surface area contributed by atoms with Gasteiger partial charge in [-0.15, -0.1) is 0 Å². The average Bonchev–Trinajstić information content (AvgIpc) is 2.49. The van der Waals surface area contributed by atoms with Gasteiger partial charge < -0.3 is 10.5 Å². The molecule has 0 radical (unpaired) electrons. The minimum Gasteiger partial charge on any atom is -0.497 e. The molecule has 1 aromatic carbocycles. The first-order valence-electron chi connectivity index (χ1n) is 6.91. The fraction of sp³-hybridized carbons (Fsp3) is 0.333. The van der Waals surface area contributed by atoms with Crippen molar-refractivity contribution in [1.29, 1.82) is 0 Å². The van der Waals surface area contributed by atoms with Crippen LogP contribution in [0.25, 0.3) is 0 Å². The summed E-state index contributed by atoms with van der Waals surface area (Å²) in [5.41, 5.74) is 6.57. The maximum Gasteiger partial charge on any atom is 0.114 e. The Morgan fingerprint density at radius 3 is 2.70 bits per heavy atom. The zero-order chi connectivity index (χ0) is 14.4. The van der Waals surface area contributed by atoms with Gasteiger partial charge in [0.15, 0.2) is 0 Å². The van der Waals surface area contributed by atoms with Crippen molar-refractivity contribution in [2.24, 2.45) is 17.1 Å². The Balaban J connectivity index is 2.26. The van der Waals surface area contributed by atoms with Crippen molar-refractivity contribution in [2.75, 3.05) is 13.7 Å². The van der Waals surface area contributed by atoms with Crippen molar-refractivity contribution in [2.45, 2.75) is 13.3 Å². The van der Waals surface area contributed by atoms with Gasteiger partial charge in [-0.1, -0.05) is 36.1 Å². The van der Waals surface area contributed by atoms with Crippen molar-refractivity contribution >= 4 is 0 Å². The van der Waals surface area contributed by atoms with Crippen LogP contribution in [0.5, 0.6) is 0 Å². The Morgan fingerprint density at radius 2 is 2.05 bits per heavy atom. The Kier molecular flexibility index (Phi) is 4.65. The van der Waals surface area contributed by atoms with Crippen LogP contribution in [-0.2, 0) is 4.74 Å². The number of allylic oxidation sites excluding steroid dienone is 3. The number of nitrogens with two attached hydrogens (primary N) is 1. The number of hydrogen-bond acceptors (Lipinski definition) is 2. The summed E-state index contributed by atoms with van der Waals surface area (Å²) >= 11 is 0. The molecule has 1 aliphatic rings. The van der Waals surface area contributed by atoms with E-state index in [4.69, 9.17) is 10.5 Å². The number of hydrogen-bond donors (Lipinski definition) is 1. The van der Waals surface area contributed by atoms with E-state index < -0.39 is 0 Å². The molecular weight excluding hydrogens is 246 g/mol. The second-order valence-corrected chi connectivity index (χ2v) is 5.19. The predicted molar refractivity (Wildman–Crippen MR) is 82.8 cm³/mol. The SMILES string of the molecule is COC1=CC(CCN)C(C)(C#Cc2ccccc2)C=C1. The van der Waals surface area contributed by atoms with Crippen LogP contribution in [0, 0.1) is 23.2 Å². The van der Waals surface area contributed by atoms with Crippen LogP contribution in [0.15, 0.2) is 54.3 Å². The van der Waals surface area contributed by atoms with Gasteiger partial charge in [0.2, 0.25) is 0 Å². The van der Waals surface area contributed by atoms with E-state index in [1.54, 1.807) is 7.11 Å². The molecule has 0 saturated carbocycles. The summed E-state index contributed by atoms with van der Waals surface area (Å²) in [6, 6.07) is 10.1. The summed E-state index contributed by atoms with van der Waals surface area (Å²) in [5, 5.41) is 0. The smallest absolute Gasteiger partial charge is 0.114 e. The van der Waals surface area contributed by atoms with Gasteiger partial charge in [-0.3, -0.25) is 0 Å². The van der Waals surface area contributed by atoms with Crippen LogP contribution in [0.4, 0.5) is 0 Å². The van der Waals surface area contributed by atoms with Crippen LogP contribution in [0.1, 0.15) is 18.9 Å². The second kappa shape index (κ2) is 6.45. The van der Waals surface area contributed by atoms with E-state index in [1.807, 2.05) is 36.4 Å². The quantitative estimate of drug-likeness (QED) is 0.854. The van der Waals surface area contributed by atoms with Gasteiger partial charge in [-0.05, 0) is 44.2 Å². The molecule has 0 fully saturated rings. The lowest BCUT2D eigenvalue weighted by Gasteiger charge is -2.31. The molecule has 0 saturated heterocycles. The molecule has 0 bridgehead atoms. The van der Waals surface area contributed by atoms with E-state index >= 15 is 0 Å². The second-order valence-electron chi connectivity index (χ2n) is 5.19. The van der Waals surface area contributed by atoms with E-state index in [9.17, 15) is 0 Å². The highest BCUT2D eigenvalue weighted by atomic mass is 16.5. The topological polar surface area (TPSA) is 35.2 Å². The Bertz CT molecular complexity index is 562. The van der Waals surface area contributed by atoms with Gasteiger partial charge >= 0.3 is 0 Å². The normalized spacial score (nSPS) is 24.6. The third-order valence-corrected chi connectivity index (χ3v) is 3.69. The number of rotatable bonds is 3. The van der Waals surface area contributed by atoms with Gasteiger partial charge in [-0.25, -0.2) is 0 Å². The van der Waals surface area contributed by atoms with Crippen LogP contribution >= 0.6 is 0 Å². The van der Waals surface area contributed by atoms with Gasteiger partial charge in [0.1, 0.15) is 5.76 Å². The molecule has 2 rings (SSSR count). The fourth-order valence-electron chi connectivity index (χ4n) is 2.37. The zero-order valence-corrected chi connectivity index (χ0v) is 12.1. The van der Waals surface area contributed by atoms with E-state index in [-0.39, 0.29) is 11.3 Å². The van der Waals surface area contributed by atoms with E-state index in [0.29, 0.717) is 6.54 Å². The van der Waals surface area contributed by atoms with Gasteiger partial charge in [0, 0.05) is 11.5 Å². The van der Waals surface area contributed by atoms with Gasteiger partial charge in [-0.2, -0.15) is 0 Å². The van der Waals surface area contributed by atoms with Crippen LogP contribution in [0.3, 0.4) is 0 Å². The van der Waals surface area contributed by atoms with Crippen LogP contribution in [0.2, 0.25) is 0 Å². The lowest BCUT2D eigenvalue weighted by molar-refractivity contribution is 0.283. The van der Waals surface area contributed by atoms with E-state index in [2.05, 4.69) is 30.9 Å². The summed E-state index contributed by atoms with van der Waals surface area (Å²) in [6.45, 7) is 2.80. The van der Waals surface area contributed by atoms with E-state index in [0.717, 1.165) is 17.7 Å². The molecular formula is C18H21NO. The Labute approximate surface area is 121 Å². The molecule has 2 heteroatoms. The molecule has 1 aliphatic carbocycles. The molecule has 0 spiro atoms. The summed E-state index contributed by atoms with van der Waals surface area (Å²) in [7, 11) is 1.69. The molecule has 0 amide bonds. The Morgan fingerprint density at radius 1 is 1.30 bits per heavy atom. The number of methoxy groups -OCH3 is 1. The summed E-state index contributed by atoms with van der Waals surface area (Å²) in [5.74, 6) is 7.84. The van der Waals surface area contributed by atoms with Crippen molar-refractivity contribution in [3.63, 3.8) is 0 Å². The highest BCUT2D eigenvalue weighted by molar-refractivity contribution is 5.39. The maximum atomic E-state index is 5.73. The highest BCUT2D eigenvalue weighted by Gasteiger charge is 2.31. The van der Waals surface area contributed by atoms with Crippen molar-refractivity contribution in [3.8, 4) is 11.8 Å². The molecule has 0 aromatic heterocycles. The third-order valence-electron chi connectivity index (χ3n) is 3.69. The largest absolute Gasteiger partial charge is 0.497 e. The van der Waals surface area contributed by atoms with Crippen molar-refractivity contribution < 1.29 is 4.74 Å². The molecule has 2 unspecified atom stereocenters. The first-order chi connectivity index (χ1) is 9.68. The Hall–Kier alpha value is -1.98. The highest BCUT2D eigenvalue weighted by Crippen LogP contribution is 2.36. The van der Waals surface area contributed by atoms with E-state index in [1.165, 1.54) is 0 Å². The predicted octanol–water partition coefficient (Wildman–Crippen LogP) is 3.11. The first kappa shape index (κ1) is 14.4.